The number of anilines is 1. The first-order valence-corrected chi connectivity index (χ1v) is 13.6. The molecule has 0 aliphatic heterocycles. The van der Waals surface area contributed by atoms with Gasteiger partial charge in [-0.1, -0.05) is 55.3 Å². The van der Waals surface area contributed by atoms with Crippen molar-refractivity contribution in [2.75, 3.05) is 17.1 Å². The molecule has 34 heavy (non-hydrogen) atoms. The molecule has 3 rings (SSSR count). The summed E-state index contributed by atoms with van der Waals surface area (Å²) in [4.78, 5) is 28.2. The number of hydrogen-bond donors (Lipinski definition) is 1. The number of benzene rings is 2. The number of nitrogens with zero attached hydrogens (tertiary/aromatic N) is 2. The van der Waals surface area contributed by atoms with E-state index < -0.39 is 22.0 Å². The Morgan fingerprint density at radius 1 is 1.00 bits per heavy atom. The van der Waals surface area contributed by atoms with E-state index in [4.69, 9.17) is 0 Å². The van der Waals surface area contributed by atoms with Crippen molar-refractivity contribution >= 4 is 27.5 Å². The minimum atomic E-state index is -3.73. The lowest BCUT2D eigenvalue weighted by atomic mass is 10.1. The number of amides is 2. The zero-order valence-electron chi connectivity index (χ0n) is 20.5. The van der Waals surface area contributed by atoms with Crippen LogP contribution in [0.1, 0.15) is 49.3 Å². The molecule has 2 aromatic rings. The number of nitrogens with one attached hydrogen (secondary N) is 1. The van der Waals surface area contributed by atoms with Gasteiger partial charge < -0.3 is 10.2 Å². The fraction of sp³-hybridized carbons (Fsp3) is 0.462. The smallest absolute Gasteiger partial charge is 0.244 e. The van der Waals surface area contributed by atoms with Crippen molar-refractivity contribution in [3.8, 4) is 0 Å². The van der Waals surface area contributed by atoms with E-state index in [9.17, 15) is 18.0 Å². The fourth-order valence-electron chi connectivity index (χ4n) is 4.38. The van der Waals surface area contributed by atoms with Crippen LogP contribution in [0, 0.1) is 13.8 Å². The van der Waals surface area contributed by atoms with Gasteiger partial charge in [0.15, 0.2) is 0 Å². The van der Waals surface area contributed by atoms with Gasteiger partial charge in [-0.2, -0.15) is 0 Å². The van der Waals surface area contributed by atoms with Crippen LogP contribution in [0.4, 0.5) is 5.69 Å². The number of rotatable bonds is 9. The summed E-state index contributed by atoms with van der Waals surface area (Å²) in [5.41, 5.74) is 3.12. The highest BCUT2D eigenvalue weighted by atomic mass is 32.2. The second-order valence-corrected chi connectivity index (χ2v) is 11.1. The fourth-order valence-corrected chi connectivity index (χ4v) is 5.29. The lowest BCUT2D eigenvalue weighted by Crippen LogP contribution is -2.52. The van der Waals surface area contributed by atoms with Crippen LogP contribution in [0.3, 0.4) is 0 Å². The van der Waals surface area contributed by atoms with Gasteiger partial charge in [0.1, 0.15) is 12.6 Å². The highest BCUT2D eigenvalue weighted by Crippen LogP contribution is 2.23. The molecule has 1 aliphatic carbocycles. The molecule has 0 radical (unpaired) electrons. The van der Waals surface area contributed by atoms with Crippen molar-refractivity contribution in [3.63, 3.8) is 0 Å². The van der Waals surface area contributed by atoms with Crippen LogP contribution in [0.5, 0.6) is 0 Å². The molecule has 2 amide bonds. The summed E-state index contributed by atoms with van der Waals surface area (Å²) in [6, 6.07) is 14.1. The van der Waals surface area contributed by atoms with Gasteiger partial charge in [-0.05, 0) is 56.4 Å². The summed E-state index contributed by atoms with van der Waals surface area (Å²) in [7, 11) is -3.73. The SMILES string of the molecule is Cc1ccccc1CN(C(=O)CN(c1ccccc1C)S(C)(=O)=O)[C@@H](C)C(=O)NC1CCCC1. The van der Waals surface area contributed by atoms with E-state index in [1.54, 1.807) is 32.0 Å². The van der Waals surface area contributed by atoms with E-state index in [0.717, 1.165) is 52.9 Å². The molecule has 0 aromatic heterocycles. The van der Waals surface area contributed by atoms with Crippen molar-refractivity contribution in [1.29, 1.82) is 0 Å². The summed E-state index contributed by atoms with van der Waals surface area (Å²) >= 11 is 0. The summed E-state index contributed by atoms with van der Waals surface area (Å²) in [5.74, 6) is -0.637. The number of carbonyl (C=O) groups excluding carboxylic acids is 2. The maximum Gasteiger partial charge on any atom is 0.244 e. The second kappa shape index (κ2) is 11.0. The van der Waals surface area contributed by atoms with Gasteiger partial charge in [0, 0.05) is 12.6 Å². The lowest BCUT2D eigenvalue weighted by molar-refractivity contribution is -0.139. The Balaban J connectivity index is 1.90. The first kappa shape index (κ1) is 25.7. The number of para-hydroxylation sites is 1. The van der Waals surface area contributed by atoms with Crippen LogP contribution in [-0.2, 0) is 26.2 Å². The van der Waals surface area contributed by atoms with E-state index in [-0.39, 0.29) is 25.0 Å². The number of hydrogen-bond acceptors (Lipinski definition) is 4. The second-order valence-electron chi connectivity index (χ2n) is 9.17. The van der Waals surface area contributed by atoms with E-state index >= 15 is 0 Å². The largest absolute Gasteiger partial charge is 0.352 e. The van der Waals surface area contributed by atoms with Crippen LogP contribution in [-0.4, -0.2) is 50.0 Å². The molecule has 1 aliphatic rings. The van der Waals surface area contributed by atoms with Crippen LogP contribution in [0.25, 0.3) is 0 Å². The van der Waals surface area contributed by atoms with Gasteiger partial charge in [-0.15, -0.1) is 0 Å². The van der Waals surface area contributed by atoms with Crippen molar-refractivity contribution < 1.29 is 18.0 Å². The molecule has 1 saturated carbocycles. The van der Waals surface area contributed by atoms with Crippen LogP contribution >= 0.6 is 0 Å². The third-order valence-corrected chi connectivity index (χ3v) is 7.66. The summed E-state index contributed by atoms with van der Waals surface area (Å²) in [6.07, 6.45) is 5.16. The lowest BCUT2D eigenvalue weighted by Gasteiger charge is -2.32. The molecule has 0 unspecified atom stereocenters. The third kappa shape index (κ3) is 6.38. The van der Waals surface area contributed by atoms with E-state index in [1.807, 2.05) is 37.3 Å². The van der Waals surface area contributed by atoms with E-state index in [2.05, 4.69) is 5.32 Å². The maximum atomic E-state index is 13.6. The summed E-state index contributed by atoms with van der Waals surface area (Å²) < 4.78 is 26.5. The van der Waals surface area contributed by atoms with Crippen LogP contribution < -0.4 is 9.62 Å². The number of carbonyl (C=O) groups is 2. The molecule has 0 bridgehead atoms. The van der Waals surface area contributed by atoms with Gasteiger partial charge in [0.2, 0.25) is 21.8 Å². The van der Waals surface area contributed by atoms with Crippen molar-refractivity contribution in [3.05, 3.63) is 65.2 Å². The quantitative estimate of drug-likeness (QED) is 0.589. The minimum absolute atomic E-state index is 0.129. The third-order valence-electron chi connectivity index (χ3n) is 6.53. The first-order chi connectivity index (χ1) is 16.1. The summed E-state index contributed by atoms with van der Waals surface area (Å²) in [6.45, 7) is 5.31. The highest BCUT2D eigenvalue weighted by molar-refractivity contribution is 7.92. The average Bonchev–Trinajstić information content (AvgIpc) is 3.29. The van der Waals surface area contributed by atoms with E-state index in [0.29, 0.717) is 5.69 Å². The average molecular weight is 486 g/mol. The molecule has 0 saturated heterocycles. The topological polar surface area (TPSA) is 86.8 Å². The Morgan fingerprint density at radius 3 is 2.18 bits per heavy atom. The molecule has 1 fully saturated rings. The molecule has 0 heterocycles. The van der Waals surface area contributed by atoms with Crippen molar-refractivity contribution in [2.45, 2.75) is 65.1 Å². The van der Waals surface area contributed by atoms with Gasteiger partial charge >= 0.3 is 0 Å². The predicted octanol–water partition coefficient (Wildman–Crippen LogP) is 3.55. The molecule has 0 spiro atoms. The normalized spacial score (nSPS) is 15.1. The Morgan fingerprint density at radius 2 is 1.59 bits per heavy atom. The van der Waals surface area contributed by atoms with Crippen molar-refractivity contribution in [2.24, 2.45) is 0 Å². The maximum absolute atomic E-state index is 13.6. The van der Waals surface area contributed by atoms with Gasteiger partial charge in [0.25, 0.3) is 0 Å². The standard InChI is InChI=1S/C26H35N3O4S/c1-19-11-5-7-13-22(19)17-28(21(3)26(31)27-23-14-8-9-15-23)25(30)18-29(34(4,32)33)24-16-10-6-12-20(24)2/h5-7,10-13,16,21,23H,8-9,14-15,17-18H2,1-4H3,(H,27,31)/t21-/m0/s1. The zero-order chi connectivity index (χ0) is 24.9. The van der Waals surface area contributed by atoms with Crippen LogP contribution in [0.2, 0.25) is 0 Å². The Hall–Kier alpha value is -2.87. The zero-order valence-corrected chi connectivity index (χ0v) is 21.3. The molecule has 8 heteroatoms. The van der Waals surface area contributed by atoms with Gasteiger partial charge in [0.05, 0.1) is 11.9 Å². The van der Waals surface area contributed by atoms with Crippen LogP contribution in [0.15, 0.2) is 48.5 Å². The molecular formula is C26H35N3O4S. The van der Waals surface area contributed by atoms with Gasteiger partial charge in [-0.3, -0.25) is 13.9 Å². The Labute approximate surface area is 203 Å². The van der Waals surface area contributed by atoms with Gasteiger partial charge in [-0.25, -0.2) is 8.42 Å². The highest BCUT2D eigenvalue weighted by Gasteiger charge is 2.31. The molecule has 1 N–H and O–H groups in total. The minimum Gasteiger partial charge on any atom is -0.352 e. The van der Waals surface area contributed by atoms with Crippen molar-refractivity contribution in [1.82, 2.24) is 10.2 Å². The monoisotopic (exact) mass is 485 g/mol. The molecule has 2 aromatic carbocycles. The molecule has 1 atom stereocenters. The predicted molar refractivity (Wildman–Crippen MR) is 135 cm³/mol. The Bertz CT molecular complexity index is 1130. The first-order valence-electron chi connectivity index (χ1n) is 11.8. The Kier molecular flexibility index (Phi) is 8.36. The molecule has 184 valence electrons. The molecule has 7 nitrogen and oxygen atoms in total. The number of sulfonamides is 1. The number of aryl methyl sites for hydroxylation is 2. The van der Waals surface area contributed by atoms with E-state index in [1.165, 1.54) is 4.90 Å². The summed E-state index contributed by atoms with van der Waals surface area (Å²) in [5, 5.41) is 3.07. The molecular weight excluding hydrogens is 450 g/mol.